The average Bonchev–Trinajstić information content (AvgIpc) is 2.50. The minimum Gasteiger partial charge on any atom is -0.298 e. The third-order valence-electron chi connectivity index (χ3n) is 2.54. The van der Waals surface area contributed by atoms with E-state index >= 15 is 0 Å². The number of benzene rings is 1. The molecule has 1 aromatic rings. The second-order valence-electron chi connectivity index (χ2n) is 3.69. The van der Waals surface area contributed by atoms with Crippen LogP contribution in [0.15, 0.2) is 24.3 Å². The van der Waals surface area contributed by atoms with Crippen LogP contribution >= 0.6 is 0 Å². The van der Waals surface area contributed by atoms with Crippen molar-refractivity contribution in [1.29, 1.82) is 0 Å². The normalized spacial score (nSPS) is 21.7. The van der Waals surface area contributed by atoms with Gasteiger partial charge in [0.25, 0.3) is 0 Å². The molecule has 0 radical (unpaired) electrons. The Balaban J connectivity index is 2.24. The van der Waals surface area contributed by atoms with Gasteiger partial charge in [-0.3, -0.25) is 15.0 Å². The quantitative estimate of drug-likeness (QED) is 0.723. The molecule has 1 saturated heterocycles. The number of nitrogens with one attached hydrogen (secondary N) is 1. The lowest BCUT2D eigenvalue weighted by Crippen LogP contribution is -2.28. The fourth-order valence-electron chi connectivity index (χ4n) is 1.57. The molecule has 0 bridgehead atoms. The topological polar surface area (TPSA) is 32.3 Å². The van der Waals surface area contributed by atoms with Gasteiger partial charge in [-0.05, 0) is 26.0 Å². The van der Waals surface area contributed by atoms with Crippen molar-refractivity contribution in [3.8, 4) is 0 Å². The van der Waals surface area contributed by atoms with E-state index in [-0.39, 0.29) is 11.9 Å². The minimum atomic E-state index is -0.0590. The van der Waals surface area contributed by atoms with E-state index in [1.165, 1.54) is 5.56 Å². The Kier molecular flexibility index (Phi) is 2.25. The van der Waals surface area contributed by atoms with Crippen LogP contribution in [0.4, 0.5) is 5.69 Å². The Hall–Kier alpha value is -1.35. The number of anilines is 1. The monoisotopic (exact) mass is 190 g/mol. The van der Waals surface area contributed by atoms with Crippen molar-refractivity contribution < 1.29 is 4.79 Å². The molecule has 0 aliphatic carbocycles. The van der Waals surface area contributed by atoms with Crippen molar-refractivity contribution in [2.75, 3.05) is 11.6 Å². The number of carbonyl (C=O) groups excluding carboxylic acids is 1. The van der Waals surface area contributed by atoms with Crippen LogP contribution in [0.3, 0.4) is 0 Å². The van der Waals surface area contributed by atoms with E-state index in [0.29, 0.717) is 6.67 Å². The summed E-state index contributed by atoms with van der Waals surface area (Å²) in [5, 5.41) is 3.11. The lowest BCUT2D eigenvalue weighted by molar-refractivity contribution is -0.118. The van der Waals surface area contributed by atoms with E-state index in [0.717, 1.165) is 5.69 Å². The summed E-state index contributed by atoms with van der Waals surface area (Å²) in [6.07, 6.45) is 0. The number of amides is 1. The molecule has 1 aliphatic heterocycles. The van der Waals surface area contributed by atoms with Crippen LogP contribution in [0.1, 0.15) is 12.5 Å². The predicted molar refractivity (Wildman–Crippen MR) is 56.1 cm³/mol. The van der Waals surface area contributed by atoms with Crippen LogP contribution in [0.2, 0.25) is 0 Å². The number of carbonyl (C=O) groups is 1. The van der Waals surface area contributed by atoms with Crippen molar-refractivity contribution in [2.24, 2.45) is 0 Å². The Bertz CT molecular complexity index is 345. The number of aryl methyl sites for hydroxylation is 1. The molecule has 1 amide bonds. The fourth-order valence-corrected chi connectivity index (χ4v) is 1.57. The average molecular weight is 190 g/mol. The maximum Gasteiger partial charge on any atom is 0.244 e. The van der Waals surface area contributed by atoms with Crippen molar-refractivity contribution in [1.82, 2.24) is 5.32 Å². The van der Waals surface area contributed by atoms with Gasteiger partial charge >= 0.3 is 0 Å². The zero-order chi connectivity index (χ0) is 10.1. The van der Waals surface area contributed by atoms with Crippen molar-refractivity contribution in [3.05, 3.63) is 29.8 Å². The summed E-state index contributed by atoms with van der Waals surface area (Å²) in [6.45, 7) is 4.54. The second kappa shape index (κ2) is 3.42. The van der Waals surface area contributed by atoms with Crippen LogP contribution in [-0.4, -0.2) is 18.6 Å². The summed E-state index contributed by atoms with van der Waals surface area (Å²) < 4.78 is 0. The molecule has 1 aromatic carbocycles. The summed E-state index contributed by atoms with van der Waals surface area (Å²) in [5.74, 6) is 0.147. The predicted octanol–water partition coefficient (Wildman–Crippen LogP) is 1.28. The van der Waals surface area contributed by atoms with E-state index in [9.17, 15) is 4.79 Å². The first kappa shape index (κ1) is 9.21. The first-order chi connectivity index (χ1) is 6.68. The molecule has 0 saturated carbocycles. The van der Waals surface area contributed by atoms with Crippen LogP contribution < -0.4 is 10.2 Å². The van der Waals surface area contributed by atoms with Gasteiger partial charge in [0.2, 0.25) is 5.91 Å². The summed E-state index contributed by atoms with van der Waals surface area (Å²) in [6, 6.07) is 7.94. The molecule has 2 rings (SSSR count). The first-order valence-electron chi connectivity index (χ1n) is 4.80. The lowest BCUT2D eigenvalue weighted by atomic mass is 10.2. The molecule has 3 heteroatoms. The summed E-state index contributed by atoms with van der Waals surface area (Å²) in [5.41, 5.74) is 2.18. The third-order valence-corrected chi connectivity index (χ3v) is 2.54. The molecular weight excluding hydrogens is 176 g/mol. The Morgan fingerprint density at radius 1 is 1.36 bits per heavy atom. The molecule has 0 aromatic heterocycles. The molecule has 1 heterocycles. The van der Waals surface area contributed by atoms with Gasteiger partial charge in [0.05, 0.1) is 12.7 Å². The second-order valence-corrected chi connectivity index (χ2v) is 3.69. The number of hydrogen-bond donors (Lipinski definition) is 1. The molecule has 1 aliphatic rings. The van der Waals surface area contributed by atoms with Gasteiger partial charge < -0.3 is 0 Å². The minimum absolute atomic E-state index is 0.0590. The van der Waals surface area contributed by atoms with Crippen LogP contribution in [0.25, 0.3) is 0 Å². The van der Waals surface area contributed by atoms with Gasteiger partial charge in [0, 0.05) is 5.69 Å². The summed E-state index contributed by atoms with van der Waals surface area (Å²) in [7, 11) is 0. The highest BCUT2D eigenvalue weighted by molar-refractivity contribution is 5.98. The van der Waals surface area contributed by atoms with E-state index in [4.69, 9.17) is 0 Å². The molecule has 14 heavy (non-hydrogen) atoms. The van der Waals surface area contributed by atoms with Crippen molar-refractivity contribution in [2.45, 2.75) is 19.9 Å². The number of rotatable bonds is 1. The smallest absolute Gasteiger partial charge is 0.244 e. The molecule has 1 fully saturated rings. The Morgan fingerprint density at radius 3 is 2.50 bits per heavy atom. The largest absolute Gasteiger partial charge is 0.298 e. The molecule has 0 spiro atoms. The van der Waals surface area contributed by atoms with Gasteiger partial charge in [0.15, 0.2) is 0 Å². The lowest BCUT2D eigenvalue weighted by Gasteiger charge is -2.14. The number of nitrogens with zero attached hydrogens (tertiary/aromatic N) is 1. The number of hydrogen-bond acceptors (Lipinski definition) is 2. The SMILES string of the molecule is Cc1ccc(N2CNC(C)C2=O)cc1. The van der Waals surface area contributed by atoms with Crippen LogP contribution in [0.5, 0.6) is 0 Å². The van der Waals surface area contributed by atoms with Gasteiger partial charge in [-0.2, -0.15) is 0 Å². The van der Waals surface area contributed by atoms with Gasteiger partial charge in [0.1, 0.15) is 0 Å². The van der Waals surface area contributed by atoms with Gasteiger partial charge in [-0.1, -0.05) is 17.7 Å². The van der Waals surface area contributed by atoms with Gasteiger partial charge in [-0.15, -0.1) is 0 Å². The summed E-state index contributed by atoms with van der Waals surface area (Å²) in [4.78, 5) is 13.4. The highest BCUT2D eigenvalue weighted by Gasteiger charge is 2.27. The van der Waals surface area contributed by atoms with Crippen molar-refractivity contribution >= 4 is 11.6 Å². The molecule has 74 valence electrons. The highest BCUT2D eigenvalue weighted by atomic mass is 16.2. The van der Waals surface area contributed by atoms with E-state index in [1.807, 2.05) is 38.1 Å². The first-order valence-corrected chi connectivity index (χ1v) is 4.80. The van der Waals surface area contributed by atoms with E-state index in [2.05, 4.69) is 5.32 Å². The van der Waals surface area contributed by atoms with Crippen LogP contribution in [0, 0.1) is 6.92 Å². The van der Waals surface area contributed by atoms with Crippen molar-refractivity contribution in [3.63, 3.8) is 0 Å². The fraction of sp³-hybridized carbons (Fsp3) is 0.364. The molecule has 1 atom stereocenters. The molecule has 3 nitrogen and oxygen atoms in total. The molecule has 1 N–H and O–H groups in total. The van der Waals surface area contributed by atoms with E-state index in [1.54, 1.807) is 4.90 Å². The van der Waals surface area contributed by atoms with E-state index < -0.39 is 0 Å². The zero-order valence-corrected chi connectivity index (χ0v) is 8.45. The maximum atomic E-state index is 11.7. The molecule has 1 unspecified atom stereocenters. The third kappa shape index (κ3) is 1.51. The van der Waals surface area contributed by atoms with Gasteiger partial charge in [-0.25, -0.2) is 0 Å². The standard InChI is InChI=1S/C11H14N2O/c1-8-3-5-10(6-4-8)13-7-12-9(2)11(13)14/h3-6,9,12H,7H2,1-2H3. The van der Waals surface area contributed by atoms with Crippen LogP contribution in [-0.2, 0) is 4.79 Å². The highest BCUT2D eigenvalue weighted by Crippen LogP contribution is 2.18. The molecular formula is C11H14N2O. The zero-order valence-electron chi connectivity index (χ0n) is 8.45. The Morgan fingerprint density at radius 2 is 2.00 bits per heavy atom. The Labute approximate surface area is 83.7 Å². The summed E-state index contributed by atoms with van der Waals surface area (Å²) >= 11 is 0. The maximum absolute atomic E-state index is 11.7.